The van der Waals surface area contributed by atoms with Crippen molar-refractivity contribution in [3.05, 3.63) is 53.6 Å². The van der Waals surface area contributed by atoms with Gasteiger partial charge in [0.1, 0.15) is 0 Å². The van der Waals surface area contributed by atoms with Crippen LogP contribution in [0.5, 0.6) is 0 Å². The molecule has 2 aliphatic rings. The number of carbonyl (C=O) groups excluding carboxylic acids is 1. The van der Waals surface area contributed by atoms with Crippen LogP contribution < -0.4 is 20.4 Å². The number of hydrogen-bond acceptors (Lipinski definition) is 3. The highest BCUT2D eigenvalue weighted by Gasteiger charge is 2.23. The van der Waals surface area contributed by atoms with E-state index in [1.54, 1.807) is 0 Å². The van der Waals surface area contributed by atoms with Gasteiger partial charge < -0.3 is 20.4 Å². The van der Waals surface area contributed by atoms with E-state index in [0.717, 1.165) is 48.9 Å². The molecular formula is C26H34N4OS. The fraction of sp³-hybridized carbons (Fsp3) is 0.462. The minimum atomic E-state index is 0.0920. The lowest BCUT2D eigenvalue weighted by Gasteiger charge is -2.33. The van der Waals surface area contributed by atoms with Gasteiger partial charge >= 0.3 is 0 Å². The zero-order valence-corrected chi connectivity index (χ0v) is 20.2. The third-order valence-electron chi connectivity index (χ3n) is 6.59. The van der Waals surface area contributed by atoms with Gasteiger partial charge in [0.2, 0.25) is 5.91 Å². The number of benzene rings is 2. The molecule has 1 amide bonds. The summed E-state index contributed by atoms with van der Waals surface area (Å²) < 4.78 is 0. The summed E-state index contributed by atoms with van der Waals surface area (Å²) in [6.45, 7) is 9.57. The van der Waals surface area contributed by atoms with Crippen molar-refractivity contribution in [2.75, 3.05) is 34.8 Å². The Balaban J connectivity index is 1.36. The molecule has 2 saturated heterocycles. The van der Waals surface area contributed by atoms with E-state index in [1.165, 1.54) is 24.1 Å². The molecular weight excluding hydrogens is 416 g/mol. The number of anilines is 3. The number of carbonyl (C=O) groups is 1. The van der Waals surface area contributed by atoms with Gasteiger partial charge in [-0.05, 0) is 86.6 Å². The number of amides is 1. The predicted octanol–water partition coefficient (Wildman–Crippen LogP) is 5.41. The monoisotopic (exact) mass is 450 g/mol. The highest BCUT2D eigenvalue weighted by molar-refractivity contribution is 7.80. The fourth-order valence-electron chi connectivity index (χ4n) is 4.73. The molecule has 2 heterocycles. The minimum Gasteiger partial charge on any atom is -0.371 e. The number of rotatable bonds is 5. The Labute approximate surface area is 197 Å². The Morgan fingerprint density at radius 2 is 1.91 bits per heavy atom. The summed E-state index contributed by atoms with van der Waals surface area (Å²) in [7, 11) is 0. The van der Waals surface area contributed by atoms with Crippen LogP contribution in [0.2, 0.25) is 0 Å². The molecule has 2 fully saturated rings. The lowest BCUT2D eigenvalue weighted by Crippen LogP contribution is -2.34. The number of hydrogen-bond donors (Lipinski definition) is 2. The van der Waals surface area contributed by atoms with Gasteiger partial charge in [-0.1, -0.05) is 25.1 Å². The van der Waals surface area contributed by atoms with Crippen LogP contribution in [0.4, 0.5) is 17.1 Å². The van der Waals surface area contributed by atoms with Crippen LogP contribution in [0.3, 0.4) is 0 Å². The van der Waals surface area contributed by atoms with E-state index in [9.17, 15) is 4.79 Å². The summed E-state index contributed by atoms with van der Waals surface area (Å²) in [6.07, 6.45) is 4.15. The van der Waals surface area contributed by atoms with Crippen LogP contribution in [0.15, 0.2) is 42.5 Å². The SMILES string of the molecule is Cc1ccc(NC(=S)N[C@@H](C)c2ccc(N3CCC[C@@H](C)C3)cc2)cc1N1CCCC1=O. The van der Waals surface area contributed by atoms with Crippen molar-refractivity contribution in [1.29, 1.82) is 0 Å². The van der Waals surface area contributed by atoms with Crippen LogP contribution in [0, 0.1) is 12.8 Å². The molecule has 0 aromatic heterocycles. The molecule has 0 unspecified atom stereocenters. The van der Waals surface area contributed by atoms with Crippen molar-refractivity contribution >= 4 is 40.3 Å². The van der Waals surface area contributed by atoms with Crippen LogP contribution in [0.1, 0.15) is 56.7 Å². The molecule has 2 aromatic carbocycles. The maximum absolute atomic E-state index is 12.2. The highest BCUT2D eigenvalue weighted by atomic mass is 32.1. The molecule has 170 valence electrons. The van der Waals surface area contributed by atoms with Crippen molar-refractivity contribution in [3.8, 4) is 0 Å². The Hall–Kier alpha value is -2.60. The van der Waals surface area contributed by atoms with E-state index in [4.69, 9.17) is 12.2 Å². The molecule has 0 saturated carbocycles. The van der Waals surface area contributed by atoms with E-state index in [1.807, 2.05) is 30.0 Å². The van der Waals surface area contributed by atoms with E-state index < -0.39 is 0 Å². The molecule has 2 aliphatic heterocycles. The molecule has 2 atom stereocenters. The topological polar surface area (TPSA) is 47.6 Å². The highest BCUT2D eigenvalue weighted by Crippen LogP contribution is 2.28. The maximum atomic E-state index is 12.2. The number of aryl methyl sites for hydroxylation is 1. The average Bonchev–Trinajstić information content (AvgIpc) is 3.20. The predicted molar refractivity (Wildman–Crippen MR) is 138 cm³/mol. The van der Waals surface area contributed by atoms with Gasteiger partial charge in [-0.15, -0.1) is 0 Å². The molecule has 0 aliphatic carbocycles. The number of piperidine rings is 1. The normalized spacial score (nSPS) is 19.7. The van der Waals surface area contributed by atoms with E-state index in [0.29, 0.717) is 11.5 Å². The summed E-state index contributed by atoms with van der Waals surface area (Å²) in [6, 6.07) is 15.0. The molecule has 2 N–H and O–H groups in total. The molecule has 4 rings (SSSR count). The largest absolute Gasteiger partial charge is 0.371 e. The number of nitrogens with one attached hydrogen (secondary N) is 2. The number of thiocarbonyl (C=S) groups is 1. The van der Waals surface area contributed by atoms with Gasteiger partial charge in [0.15, 0.2) is 5.11 Å². The first-order valence-electron chi connectivity index (χ1n) is 11.7. The van der Waals surface area contributed by atoms with Gasteiger partial charge in [0, 0.05) is 43.1 Å². The second kappa shape index (κ2) is 9.90. The van der Waals surface area contributed by atoms with Crippen LogP contribution in [0.25, 0.3) is 0 Å². The standard InChI is InChI=1S/C26H34N4OS/c1-18-6-4-14-29(17-18)23-12-9-21(10-13-23)20(3)27-26(32)28-22-11-8-19(2)24(16-22)30-15-5-7-25(30)31/h8-13,16,18,20H,4-7,14-15,17H2,1-3H3,(H2,27,28,32)/t18-,20+/m1/s1. The van der Waals surface area contributed by atoms with Gasteiger partial charge in [0.05, 0.1) is 6.04 Å². The summed E-state index contributed by atoms with van der Waals surface area (Å²) in [4.78, 5) is 16.5. The van der Waals surface area contributed by atoms with E-state index >= 15 is 0 Å². The van der Waals surface area contributed by atoms with Gasteiger partial charge in [-0.3, -0.25) is 4.79 Å². The quantitative estimate of drug-likeness (QED) is 0.597. The fourth-order valence-corrected chi connectivity index (χ4v) is 5.02. The van der Waals surface area contributed by atoms with Crippen LogP contribution in [-0.2, 0) is 4.79 Å². The van der Waals surface area contributed by atoms with Gasteiger partial charge in [-0.25, -0.2) is 0 Å². The zero-order valence-electron chi connectivity index (χ0n) is 19.4. The average molecular weight is 451 g/mol. The first kappa shape index (κ1) is 22.6. The maximum Gasteiger partial charge on any atom is 0.227 e. The van der Waals surface area contributed by atoms with Crippen LogP contribution >= 0.6 is 12.2 Å². The minimum absolute atomic E-state index is 0.0920. The number of nitrogens with zero attached hydrogens (tertiary/aromatic N) is 2. The second-order valence-electron chi connectivity index (χ2n) is 9.26. The lowest BCUT2D eigenvalue weighted by molar-refractivity contribution is -0.117. The van der Waals surface area contributed by atoms with Crippen molar-refractivity contribution in [3.63, 3.8) is 0 Å². The molecule has 0 radical (unpaired) electrons. The Bertz CT molecular complexity index is 974. The van der Waals surface area contributed by atoms with Crippen molar-refractivity contribution < 1.29 is 4.79 Å². The third-order valence-corrected chi connectivity index (χ3v) is 6.81. The van der Waals surface area contributed by atoms with E-state index in [2.05, 4.69) is 53.6 Å². The molecule has 5 nitrogen and oxygen atoms in total. The zero-order chi connectivity index (χ0) is 22.7. The molecule has 0 spiro atoms. The summed E-state index contributed by atoms with van der Waals surface area (Å²) >= 11 is 5.58. The molecule has 6 heteroatoms. The summed E-state index contributed by atoms with van der Waals surface area (Å²) in [5, 5.41) is 7.26. The van der Waals surface area contributed by atoms with E-state index in [-0.39, 0.29) is 11.9 Å². The van der Waals surface area contributed by atoms with Gasteiger partial charge in [0.25, 0.3) is 0 Å². The molecule has 0 bridgehead atoms. The second-order valence-corrected chi connectivity index (χ2v) is 9.66. The van der Waals surface area contributed by atoms with Gasteiger partial charge in [-0.2, -0.15) is 0 Å². The van der Waals surface area contributed by atoms with Crippen molar-refractivity contribution in [1.82, 2.24) is 5.32 Å². The molecule has 2 aromatic rings. The van der Waals surface area contributed by atoms with Crippen molar-refractivity contribution in [2.45, 2.75) is 52.5 Å². The lowest BCUT2D eigenvalue weighted by atomic mass is 9.99. The van der Waals surface area contributed by atoms with Crippen LogP contribution in [-0.4, -0.2) is 30.7 Å². The third kappa shape index (κ3) is 5.23. The Morgan fingerprint density at radius 3 is 2.59 bits per heavy atom. The summed E-state index contributed by atoms with van der Waals surface area (Å²) in [5.41, 5.74) is 5.47. The van der Waals surface area contributed by atoms with Crippen molar-refractivity contribution in [2.24, 2.45) is 5.92 Å². The smallest absolute Gasteiger partial charge is 0.227 e. The Kier molecular flexibility index (Phi) is 6.99. The molecule has 32 heavy (non-hydrogen) atoms. The Morgan fingerprint density at radius 1 is 1.12 bits per heavy atom. The first-order valence-corrected chi connectivity index (χ1v) is 12.1. The summed E-state index contributed by atoms with van der Waals surface area (Å²) in [5.74, 6) is 0.959. The first-order chi connectivity index (χ1) is 15.4.